The summed E-state index contributed by atoms with van der Waals surface area (Å²) >= 11 is 16.0. The number of ether oxygens (including phenoxy) is 1. The van der Waals surface area contributed by atoms with E-state index in [1.54, 1.807) is 0 Å². The fraction of sp³-hybridized carbons (Fsp3) is 0.833. The van der Waals surface area contributed by atoms with E-state index in [1.807, 2.05) is 0 Å². The van der Waals surface area contributed by atoms with Crippen LogP contribution in [0.3, 0.4) is 0 Å². The molecule has 0 radical (unpaired) electrons. The van der Waals surface area contributed by atoms with Gasteiger partial charge in [0.25, 0.3) is 0 Å². The second-order valence-electron chi connectivity index (χ2n) is 2.20. The standard InChI is InChI=1S/C6H10Cl3NO3/c7-6(8,9)4-13-5(12)10-2-1-3-11/h11H,1-4H2,(H,10,12). The summed E-state index contributed by atoms with van der Waals surface area (Å²) in [5, 5.41) is 10.7. The average Bonchev–Trinajstić information content (AvgIpc) is 2.00. The zero-order valence-electron chi connectivity index (χ0n) is 6.73. The van der Waals surface area contributed by atoms with Crippen LogP contribution in [0.4, 0.5) is 4.79 Å². The lowest BCUT2D eigenvalue weighted by Gasteiger charge is -2.11. The first-order valence-corrected chi connectivity index (χ1v) is 4.67. The maximum atomic E-state index is 10.8. The van der Waals surface area contributed by atoms with Crippen molar-refractivity contribution in [2.45, 2.75) is 10.2 Å². The van der Waals surface area contributed by atoms with Crippen LogP contribution in [0.2, 0.25) is 0 Å². The number of aliphatic hydroxyl groups is 1. The summed E-state index contributed by atoms with van der Waals surface area (Å²) in [7, 11) is 0. The van der Waals surface area contributed by atoms with Gasteiger partial charge in [-0.2, -0.15) is 0 Å². The Morgan fingerprint density at radius 3 is 2.54 bits per heavy atom. The predicted molar refractivity (Wildman–Crippen MR) is 51.3 cm³/mol. The molecule has 0 fully saturated rings. The van der Waals surface area contributed by atoms with Crippen molar-refractivity contribution in [3.05, 3.63) is 0 Å². The molecule has 0 aromatic carbocycles. The Hall–Kier alpha value is 0.1000. The lowest BCUT2D eigenvalue weighted by molar-refractivity contribution is 0.147. The van der Waals surface area contributed by atoms with Crippen molar-refractivity contribution in [3.63, 3.8) is 0 Å². The molecule has 0 aromatic rings. The molecule has 0 unspecified atom stereocenters. The first kappa shape index (κ1) is 13.1. The molecule has 0 aliphatic heterocycles. The Morgan fingerprint density at radius 1 is 1.46 bits per heavy atom. The number of hydrogen-bond donors (Lipinski definition) is 2. The molecule has 0 atom stereocenters. The Labute approximate surface area is 91.1 Å². The zero-order valence-corrected chi connectivity index (χ0v) is 8.99. The second kappa shape index (κ2) is 6.54. The molecule has 0 aromatic heterocycles. The van der Waals surface area contributed by atoms with E-state index in [4.69, 9.17) is 39.9 Å². The molecular formula is C6H10Cl3NO3. The molecule has 7 heteroatoms. The number of aliphatic hydroxyl groups excluding tert-OH is 1. The van der Waals surface area contributed by atoms with Crippen molar-refractivity contribution in [2.24, 2.45) is 0 Å². The van der Waals surface area contributed by atoms with E-state index in [2.05, 4.69) is 10.1 Å². The summed E-state index contributed by atoms with van der Waals surface area (Å²) in [4.78, 5) is 10.8. The summed E-state index contributed by atoms with van der Waals surface area (Å²) < 4.78 is 2.94. The summed E-state index contributed by atoms with van der Waals surface area (Å²) in [6.07, 6.45) is -0.206. The third-order valence-corrected chi connectivity index (χ3v) is 1.30. The van der Waals surface area contributed by atoms with Crippen molar-refractivity contribution in [3.8, 4) is 0 Å². The fourth-order valence-corrected chi connectivity index (χ4v) is 0.632. The third kappa shape index (κ3) is 10.0. The molecule has 0 spiro atoms. The van der Waals surface area contributed by atoms with Crippen LogP contribution in [-0.2, 0) is 4.74 Å². The van der Waals surface area contributed by atoms with Crippen molar-refractivity contribution >= 4 is 40.9 Å². The Balaban J connectivity index is 3.41. The average molecular weight is 251 g/mol. The van der Waals surface area contributed by atoms with Gasteiger partial charge in [-0.05, 0) is 6.42 Å². The summed E-state index contributed by atoms with van der Waals surface area (Å²) in [5.41, 5.74) is 0. The summed E-state index contributed by atoms with van der Waals surface area (Å²) in [6.45, 7) is 0.0303. The quantitative estimate of drug-likeness (QED) is 0.587. The van der Waals surface area contributed by atoms with Gasteiger partial charge in [0.2, 0.25) is 3.79 Å². The van der Waals surface area contributed by atoms with Crippen LogP contribution in [0, 0.1) is 0 Å². The highest BCUT2D eigenvalue weighted by molar-refractivity contribution is 6.67. The first-order valence-electron chi connectivity index (χ1n) is 3.54. The Bertz CT molecular complexity index is 160. The summed E-state index contributed by atoms with van der Waals surface area (Å²) in [6, 6.07) is 0. The normalized spacial score (nSPS) is 11.1. The van der Waals surface area contributed by atoms with Crippen molar-refractivity contribution in [1.29, 1.82) is 0 Å². The molecule has 0 aliphatic carbocycles. The lowest BCUT2D eigenvalue weighted by Crippen LogP contribution is -2.28. The van der Waals surface area contributed by atoms with E-state index in [0.717, 1.165) is 0 Å². The van der Waals surface area contributed by atoms with Crippen LogP contribution in [-0.4, -0.2) is 34.8 Å². The Morgan fingerprint density at radius 2 is 2.08 bits per heavy atom. The van der Waals surface area contributed by atoms with Gasteiger partial charge >= 0.3 is 6.09 Å². The molecule has 0 saturated heterocycles. The minimum atomic E-state index is -1.59. The van der Waals surface area contributed by atoms with Crippen LogP contribution in [0.15, 0.2) is 0 Å². The van der Waals surface area contributed by atoms with Crippen molar-refractivity contribution < 1.29 is 14.6 Å². The van der Waals surface area contributed by atoms with Crippen LogP contribution >= 0.6 is 34.8 Å². The van der Waals surface area contributed by atoms with Gasteiger partial charge in [-0.15, -0.1) is 0 Å². The van der Waals surface area contributed by atoms with Crippen LogP contribution < -0.4 is 5.32 Å². The maximum Gasteiger partial charge on any atom is 0.407 e. The topological polar surface area (TPSA) is 58.6 Å². The molecule has 2 N–H and O–H groups in total. The Kier molecular flexibility index (Phi) is 6.59. The number of alkyl halides is 3. The highest BCUT2D eigenvalue weighted by Gasteiger charge is 2.21. The SMILES string of the molecule is O=C(NCCCO)OCC(Cl)(Cl)Cl. The third-order valence-electron chi connectivity index (χ3n) is 0.971. The van der Waals surface area contributed by atoms with E-state index in [-0.39, 0.29) is 13.2 Å². The van der Waals surface area contributed by atoms with Crippen LogP contribution in [0.25, 0.3) is 0 Å². The zero-order chi connectivity index (χ0) is 10.3. The van der Waals surface area contributed by atoms with E-state index < -0.39 is 9.89 Å². The van der Waals surface area contributed by atoms with Gasteiger partial charge in [0.1, 0.15) is 6.61 Å². The minimum absolute atomic E-state index is 0.00470. The monoisotopic (exact) mass is 249 g/mol. The van der Waals surface area contributed by atoms with Crippen LogP contribution in [0.5, 0.6) is 0 Å². The van der Waals surface area contributed by atoms with Gasteiger partial charge in [-0.25, -0.2) is 4.79 Å². The molecule has 1 amide bonds. The molecule has 0 aliphatic rings. The molecule has 78 valence electrons. The number of carbonyl (C=O) groups excluding carboxylic acids is 1. The van der Waals surface area contributed by atoms with Gasteiger partial charge in [0, 0.05) is 13.2 Å². The largest absolute Gasteiger partial charge is 0.445 e. The van der Waals surface area contributed by atoms with E-state index in [9.17, 15) is 4.79 Å². The van der Waals surface area contributed by atoms with Crippen LogP contribution in [0.1, 0.15) is 6.42 Å². The fourth-order valence-electron chi connectivity index (χ4n) is 0.468. The number of nitrogens with one attached hydrogen (secondary N) is 1. The molecule has 4 nitrogen and oxygen atoms in total. The highest BCUT2D eigenvalue weighted by atomic mass is 35.6. The highest BCUT2D eigenvalue weighted by Crippen LogP contribution is 2.25. The van der Waals surface area contributed by atoms with Gasteiger partial charge in [-0.3, -0.25) is 0 Å². The van der Waals surface area contributed by atoms with Gasteiger partial charge in [0.05, 0.1) is 0 Å². The maximum absolute atomic E-state index is 10.8. The van der Waals surface area contributed by atoms with E-state index in [0.29, 0.717) is 13.0 Å². The number of amides is 1. The predicted octanol–water partition coefficient (Wildman–Crippen LogP) is 1.47. The van der Waals surface area contributed by atoms with E-state index >= 15 is 0 Å². The number of carbonyl (C=O) groups is 1. The molecule has 0 heterocycles. The molecule has 0 saturated carbocycles. The lowest BCUT2D eigenvalue weighted by atomic mass is 10.5. The van der Waals surface area contributed by atoms with Gasteiger partial charge in [0.15, 0.2) is 0 Å². The molecule has 0 bridgehead atoms. The molecule has 0 rings (SSSR count). The van der Waals surface area contributed by atoms with E-state index in [1.165, 1.54) is 0 Å². The van der Waals surface area contributed by atoms with Crippen molar-refractivity contribution in [2.75, 3.05) is 19.8 Å². The van der Waals surface area contributed by atoms with Crippen molar-refractivity contribution in [1.82, 2.24) is 5.32 Å². The first-order chi connectivity index (χ1) is 5.95. The summed E-state index contributed by atoms with van der Waals surface area (Å²) in [5.74, 6) is 0. The number of hydrogen-bond acceptors (Lipinski definition) is 3. The number of alkyl carbamates (subject to hydrolysis) is 1. The molecular weight excluding hydrogens is 240 g/mol. The minimum Gasteiger partial charge on any atom is -0.445 e. The van der Waals surface area contributed by atoms with Gasteiger partial charge in [-0.1, -0.05) is 34.8 Å². The smallest absolute Gasteiger partial charge is 0.407 e. The second-order valence-corrected chi connectivity index (χ2v) is 4.71. The number of rotatable bonds is 4. The number of halogens is 3. The van der Waals surface area contributed by atoms with Gasteiger partial charge < -0.3 is 15.2 Å². The molecule has 13 heavy (non-hydrogen) atoms.